The van der Waals surface area contributed by atoms with Crippen LogP contribution in [0.15, 0.2) is 35.1 Å². The summed E-state index contributed by atoms with van der Waals surface area (Å²) in [5.41, 5.74) is 2.59. The van der Waals surface area contributed by atoms with E-state index in [2.05, 4.69) is 20.4 Å². The number of hydrogen-bond donors (Lipinski definition) is 1. The summed E-state index contributed by atoms with van der Waals surface area (Å²) in [6.07, 6.45) is 3.52. The van der Waals surface area contributed by atoms with Gasteiger partial charge in [0.25, 0.3) is 5.91 Å². The topological polar surface area (TPSA) is 85.8 Å². The minimum Gasteiger partial charge on any atom is -0.361 e. The van der Waals surface area contributed by atoms with E-state index in [1.54, 1.807) is 18.3 Å². The van der Waals surface area contributed by atoms with E-state index in [1.165, 1.54) is 0 Å². The molecule has 1 amide bonds. The summed E-state index contributed by atoms with van der Waals surface area (Å²) >= 11 is 0. The number of imidazole rings is 1. The molecule has 0 aliphatic rings. The molecule has 0 bridgehead atoms. The van der Waals surface area contributed by atoms with Crippen LogP contribution in [0.4, 0.5) is 0 Å². The van der Waals surface area contributed by atoms with Gasteiger partial charge in [-0.1, -0.05) is 11.2 Å². The lowest BCUT2D eigenvalue weighted by Crippen LogP contribution is -2.25. The van der Waals surface area contributed by atoms with Crippen molar-refractivity contribution in [3.8, 4) is 11.3 Å². The summed E-state index contributed by atoms with van der Waals surface area (Å²) in [4.78, 5) is 20.9. The first kappa shape index (κ1) is 15.0. The SMILES string of the molecule is Cc1noc(C)c1-c1cccc(C(=O)NCc2nccn2C)n1. The third-order valence-corrected chi connectivity index (χ3v) is 3.60. The molecule has 0 aliphatic heterocycles. The van der Waals surface area contributed by atoms with Gasteiger partial charge in [-0.25, -0.2) is 9.97 Å². The normalized spacial score (nSPS) is 10.7. The third-order valence-electron chi connectivity index (χ3n) is 3.60. The van der Waals surface area contributed by atoms with Gasteiger partial charge in [0.1, 0.15) is 17.3 Å². The Labute approximate surface area is 133 Å². The van der Waals surface area contributed by atoms with Crippen LogP contribution in [0.3, 0.4) is 0 Å². The van der Waals surface area contributed by atoms with E-state index in [4.69, 9.17) is 4.52 Å². The predicted molar refractivity (Wildman–Crippen MR) is 83.6 cm³/mol. The van der Waals surface area contributed by atoms with Crippen molar-refractivity contribution in [1.82, 2.24) is 25.0 Å². The molecule has 7 nitrogen and oxygen atoms in total. The van der Waals surface area contributed by atoms with E-state index in [0.29, 0.717) is 23.7 Å². The Morgan fingerprint density at radius 2 is 2.17 bits per heavy atom. The van der Waals surface area contributed by atoms with Crippen LogP contribution in [0.1, 0.15) is 27.8 Å². The van der Waals surface area contributed by atoms with Crippen molar-refractivity contribution in [1.29, 1.82) is 0 Å². The lowest BCUT2D eigenvalue weighted by molar-refractivity contribution is 0.0944. The van der Waals surface area contributed by atoms with E-state index >= 15 is 0 Å². The van der Waals surface area contributed by atoms with Crippen LogP contribution in [0.2, 0.25) is 0 Å². The molecule has 3 aromatic heterocycles. The standard InChI is InChI=1S/C16H17N5O2/c1-10-15(11(2)23-20-10)12-5-4-6-13(19-12)16(22)18-9-14-17-7-8-21(14)3/h4-8H,9H2,1-3H3,(H,18,22). The number of aromatic nitrogens is 4. The van der Waals surface area contributed by atoms with Crippen molar-refractivity contribution in [2.24, 2.45) is 7.05 Å². The minimum atomic E-state index is -0.249. The monoisotopic (exact) mass is 311 g/mol. The molecule has 3 rings (SSSR count). The summed E-state index contributed by atoms with van der Waals surface area (Å²) in [5.74, 6) is 1.21. The van der Waals surface area contributed by atoms with E-state index in [9.17, 15) is 4.79 Å². The number of pyridine rings is 1. The zero-order chi connectivity index (χ0) is 16.4. The number of rotatable bonds is 4. The van der Waals surface area contributed by atoms with Crippen LogP contribution in [-0.4, -0.2) is 25.6 Å². The van der Waals surface area contributed by atoms with Crippen molar-refractivity contribution >= 4 is 5.91 Å². The summed E-state index contributed by atoms with van der Waals surface area (Å²) in [6, 6.07) is 5.31. The van der Waals surface area contributed by atoms with Crippen LogP contribution < -0.4 is 5.32 Å². The first-order valence-electron chi connectivity index (χ1n) is 7.21. The largest absolute Gasteiger partial charge is 0.361 e. The summed E-state index contributed by atoms with van der Waals surface area (Å²) < 4.78 is 7.01. The van der Waals surface area contributed by atoms with E-state index in [-0.39, 0.29) is 5.91 Å². The summed E-state index contributed by atoms with van der Waals surface area (Å²) in [7, 11) is 1.88. The van der Waals surface area contributed by atoms with Gasteiger partial charge in [0, 0.05) is 19.4 Å². The Kier molecular flexibility index (Phi) is 3.92. The van der Waals surface area contributed by atoms with Crippen LogP contribution in [0.5, 0.6) is 0 Å². The van der Waals surface area contributed by atoms with Crippen LogP contribution in [0.25, 0.3) is 11.3 Å². The smallest absolute Gasteiger partial charge is 0.270 e. The van der Waals surface area contributed by atoms with Crippen molar-refractivity contribution in [2.45, 2.75) is 20.4 Å². The Morgan fingerprint density at radius 3 is 2.83 bits per heavy atom. The average Bonchev–Trinajstić information content (AvgIpc) is 3.10. The lowest BCUT2D eigenvalue weighted by Gasteiger charge is -2.06. The second kappa shape index (κ2) is 6.04. The second-order valence-electron chi connectivity index (χ2n) is 5.24. The number of nitrogens with zero attached hydrogens (tertiary/aromatic N) is 4. The predicted octanol–water partition coefficient (Wildman–Crippen LogP) is 2.02. The van der Waals surface area contributed by atoms with Gasteiger partial charge in [-0.3, -0.25) is 4.79 Å². The quantitative estimate of drug-likeness (QED) is 0.796. The van der Waals surface area contributed by atoms with Crippen molar-refractivity contribution in [2.75, 3.05) is 0 Å². The fourth-order valence-electron chi connectivity index (χ4n) is 2.37. The summed E-state index contributed by atoms with van der Waals surface area (Å²) in [5, 5.41) is 6.74. The number of hydrogen-bond acceptors (Lipinski definition) is 5. The highest BCUT2D eigenvalue weighted by Crippen LogP contribution is 2.24. The molecule has 0 saturated heterocycles. The molecule has 23 heavy (non-hydrogen) atoms. The Hall–Kier alpha value is -2.96. The average molecular weight is 311 g/mol. The molecule has 7 heteroatoms. The maximum Gasteiger partial charge on any atom is 0.270 e. The molecule has 3 aromatic rings. The van der Waals surface area contributed by atoms with Crippen molar-refractivity contribution < 1.29 is 9.32 Å². The highest BCUT2D eigenvalue weighted by atomic mass is 16.5. The van der Waals surface area contributed by atoms with Gasteiger partial charge < -0.3 is 14.4 Å². The maximum atomic E-state index is 12.3. The minimum absolute atomic E-state index is 0.249. The van der Waals surface area contributed by atoms with Gasteiger partial charge >= 0.3 is 0 Å². The molecule has 0 aromatic carbocycles. The number of carbonyl (C=O) groups is 1. The molecule has 0 spiro atoms. The van der Waals surface area contributed by atoms with Crippen LogP contribution in [0, 0.1) is 13.8 Å². The van der Waals surface area contributed by atoms with Gasteiger partial charge in [0.15, 0.2) is 0 Å². The maximum absolute atomic E-state index is 12.3. The highest BCUT2D eigenvalue weighted by Gasteiger charge is 2.15. The third kappa shape index (κ3) is 2.98. The Morgan fingerprint density at radius 1 is 1.35 bits per heavy atom. The van der Waals surface area contributed by atoms with Crippen molar-refractivity contribution in [3.05, 3.63) is 53.6 Å². The molecular weight excluding hydrogens is 294 g/mol. The molecule has 0 aliphatic carbocycles. The van der Waals surface area contributed by atoms with Gasteiger partial charge in [-0.15, -0.1) is 0 Å². The van der Waals surface area contributed by atoms with Gasteiger partial charge in [-0.05, 0) is 26.0 Å². The Bertz CT molecular complexity index is 830. The molecule has 0 radical (unpaired) electrons. The fraction of sp³-hybridized carbons (Fsp3) is 0.250. The van der Waals surface area contributed by atoms with Gasteiger partial charge in [-0.2, -0.15) is 0 Å². The number of carbonyl (C=O) groups excluding carboxylic acids is 1. The van der Waals surface area contributed by atoms with Crippen LogP contribution >= 0.6 is 0 Å². The zero-order valence-electron chi connectivity index (χ0n) is 13.2. The fourth-order valence-corrected chi connectivity index (χ4v) is 2.37. The van der Waals surface area contributed by atoms with E-state index in [0.717, 1.165) is 17.1 Å². The van der Waals surface area contributed by atoms with Gasteiger partial charge in [0.05, 0.1) is 23.5 Å². The second-order valence-corrected chi connectivity index (χ2v) is 5.24. The first-order valence-corrected chi connectivity index (χ1v) is 7.21. The lowest BCUT2D eigenvalue weighted by atomic mass is 10.1. The highest BCUT2D eigenvalue weighted by molar-refractivity contribution is 5.92. The molecule has 118 valence electrons. The van der Waals surface area contributed by atoms with Crippen LogP contribution in [-0.2, 0) is 13.6 Å². The first-order chi connectivity index (χ1) is 11.1. The molecule has 0 atom stereocenters. The summed E-state index contributed by atoms with van der Waals surface area (Å²) in [6.45, 7) is 4.02. The molecule has 1 N–H and O–H groups in total. The number of nitrogens with one attached hydrogen (secondary N) is 1. The van der Waals surface area contributed by atoms with E-state index < -0.39 is 0 Å². The zero-order valence-corrected chi connectivity index (χ0v) is 13.2. The molecule has 0 saturated carbocycles. The number of amides is 1. The van der Waals surface area contributed by atoms with E-state index in [1.807, 2.05) is 37.7 Å². The van der Waals surface area contributed by atoms with Crippen molar-refractivity contribution in [3.63, 3.8) is 0 Å². The molecule has 3 heterocycles. The Balaban J connectivity index is 1.80. The van der Waals surface area contributed by atoms with Gasteiger partial charge in [0.2, 0.25) is 0 Å². The molecule has 0 unspecified atom stereocenters. The molecular formula is C16H17N5O2. The number of aryl methyl sites for hydroxylation is 3. The molecule has 0 fully saturated rings.